The summed E-state index contributed by atoms with van der Waals surface area (Å²) in [4.78, 5) is 28.7. The van der Waals surface area contributed by atoms with Gasteiger partial charge in [0, 0.05) is 40.9 Å². The van der Waals surface area contributed by atoms with E-state index in [1.54, 1.807) is 29.2 Å². The van der Waals surface area contributed by atoms with Gasteiger partial charge in [-0.25, -0.2) is 4.39 Å². The van der Waals surface area contributed by atoms with Crippen LogP contribution in [0.4, 0.5) is 4.39 Å². The highest BCUT2D eigenvalue weighted by Gasteiger charge is 2.30. The SMILES string of the molecule is CC(C)CNC(=O)C(Cc1ccccc1)N(Cc1ccc(Cl)cc1)C(=O)CSCc1c(F)cccc1Cl. The van der Waals surface area contributed by atoms with Crippen LogP contribution in [0, 0.1) is 11.7 Å². The van der Waals surface area contributed by atoms with Gasteiger partial charge < -0.3 is 10.2 Å². The van der Waals surface area contributed by atoms with E-state index < -0.39 is 11.9 Å². The fraction of sp³-hybridized carbons (Fsp3) is 0.310. The lowest BCUT2D eigenvalue weighted by molar-refractivity contribution is -0.139. The zero-order valence-corrected chi connectivity index (χ0v) is 23.3. The van der Waals surface area contributed by atoms with E-state index in [2.05, 4.69) is 5.32 Å². The van der Waals surface area contributed by atoms with E-state index in [0.29, 0.717) is 28.6 Å². The second kappa shape index (κ2) is 14.4. The lowest BCUT2D eigenvalue weighted by Gasteiger charge is -2.32. The monoisotopic (exact) mass is 560 g/mol. The van der Waals surface area contributed by atoms with Crippen molar-refractivity contribution in [2.45, 2.75) is 38.6 Å². The smallest absolute Gasteiger partial charge is 0.243 e. The van der Waals surface area contributed by atoms with Crippen molar-refractivity contribution in [2.24, 2.45) is 5.92 Å². The van der Waals surface area contributed by atoms with Crippen LogP contribution in [0.15, 0.2) is 72.8 Å². The van der Waals surface area contributed by atoms with Gasteiger partial charge in [-0.1, -0.05) is 85.6 Å². The summed E-state index contributed by atoms with van der Waals surface area (Å²) < 4.78 is 14.2. The van der Waals surface area contributed by atoms with E-state index in [4.69, 9.17) is 23.2 Å². The van der Waals surface area contributed by atoms with Gasteiger partial charge in [-0.15, -0.1) is 11.8 Å². The number of nitrogens with one attached hydrogen (secondary N) is 1. The number of nitrogens with zero attached hydrogens (tertiary/aromatic N) is 1. The maximum Gasteiger partial charge on any atom is 0.243 e. The largest absolute Gasteiger partial charge is 0.354 e. The predicted molar refractivity (Wildman–Crippen MR) is 151 cm³/mol. The Balaban J connectivity index is 1.85. The Morgan fingerprint density at radius 3 is 2.30 bits per heavy atom. The second-order valence-corrected chi connectivity index (χ2v) is 11.0. The molecule has 0 saturated carbocycles. The zero-order chi connectivity index (χ0) is 26.8. The molecule has 0 saturated heterocycles. The molecule has 0 radical (unpaired) electrons. The van der Waals surface area contributed by atoms with Crippen LogP contribution in [-0.2, 0) is 28.3 Å². The van der Waals surface area contributed by atoms with E-state index in [9.17, 15) is 14.0 Å². The molecule has 2 amide bonds. The first-order valence-electron chi connectivity index (χ1n) is 12.1. The molecular formula is C29H31Cl2FN2O2S. The predicted octanol–water partition coefficient (Wildman–Crippen LogP) is 6.78. The number of carbonyl (C=O) groups is 2. The normalized spacial score (nSPS) is 11.8. The molecule has 0 aliphatic rings. The quantitative estimate of drug-likeness (QED) is 0.265. The van der Waals surface area contributed by atoms with Crippen LogP contribution in [0.25, 0.3) is 0 Å². The number of hydrogen-bond acceptors (Lipinski definition) is 3. The number of carbonyl (C=O) groups excluding carboxylic acids is 2. The van der Waals surface area contributed by atoms with Crippen molar-refractivity contribution in [3.63, 3.8) is 0 Å². The highest BCUT2D eigenvalue weighted by Crippen LogP contribution is 2.25. The Labute approximate surface area is 232 Å². The van der Waals surface area contributed by atoms with Gasteiger partial charge in [0.05, 0.1) is 5.75 Å². The summed E-state index contributed by atoms with van der Waals surface area (Å²) in [5, 5.41) is 3.92. The number of amides is 2. The van der Waals surface area contributed by atoms with Crippen LogP contribution < -0.4 is 5.32 Å². The van der Waals surface area contributed by atoms with Gasteiger partial charge in [0.2, 0.25) is 11.8 Å². The number of thioether (sulfide) groups is 1. The Morgan fingerprint density at radius 2 is 1.65 bits per heavy atom. The van der Waals surface area contributed by atoms with Crippen molar-refractivity contribution in [1.29, 1.82) is 0 Å². The van der Waals surface area contributed by atoms with Crippen molar-refractivity contribution in [2.75, 3.05) is 12.3 Å². The van der Waals surface area contributed by atoms with E-state index >= 15 is 0 Å². The van der Waals surface area contributed by atoms with Crippen LogP contribution >= 0.6 is 35.0 Å². The van der Waals surface area contributed by atoms with Crippen molar-refractivity contribution in [3.05, 3.63) is 105 Å². The first-order valence-corrected chi connectivity index (χ1v) is 14.0. The summed E-state index contributed by atoms with van der Waals surface area (Å²) in [6.07, 6.45) is 0.369. The van der Waals surface area contributed by atoms with E-state index in [-0.39, 0.29) is 35.8 Å². The van der Waals surface area contributed by atoms with Crippen LogP contribution in [0.5, 0.6) is 0 Å². The fourth-order valence-electron chi connectivity index (χ4n) is 3.76. The number of hydrogen-bond donors (Lipinski definition) is 1. The van der Waals surface area contributed by atoms with Gasteiger partial charge in [0.1, 0.15) is 11.9 Å². The molecule has 0 aliphatic carbocycles. The van der Waals surface area contributed by atoms with Gasteiger partial charge in [-0.3, -0.25) is 9.59 Å². The molecule has 0 fully saturated rings. The fourth-order valence-corrected chi connectivity index (χ4v) is 5.13. The molecule has 0 aromatic heterocycles. The molecule has 3 rings (SSSR count). The molecule has 0 aliphatic heterocycles. The molecule has 37 heavy (non-hydrogen) atoms. The van der Waals surface area contributed by atoms with Crippen molar-refractivity contribution in [1.82, 2.24) is 10.2 Å². The van der Waals surface area contributed by atoms with Crippen molar-refractivity contribution in [3.8, 4) is 0 Å². The van der Waals surface area contributed by atoms with Crippen molar-refractivity contribution < 1.29 is 14.0 Å². The topological polar surface area (TPSA) is 49.4 Å². The van der Waals surface area contributed by atoms with Gasteiger partial charge >= 0.3 is 0 Å². The number of rotatable bonds is 12. The van der Waals surface area contributed by atoms with E-state index in [1.165, 1.54) is 17.8 Å². The molecule has 1 atom stereocenters. The third kappa shape index (κ3) is 9.06. The molecule has 8 heteroatoms. The minimum absolute atomic E-state index is 0.0704. The minimum Gasteiger partial charge on any atom is -0.354 e. The lowest BCUT2D eigenvalue weighted by Crippen LogP contribution is -2.51. The minimum atomic E-state index is -0.720. The Hall–Kier alpha value is -2.54. The van der Waals surface area contributed by atoms with E-state index in [1.807, 2.05) is 56.3 Å². The summed E-state index contributed by atoms with van der Waals surface area (Å²) in [5.41, 5.74) is 2.17. The van der Waals surface area contributed by atoms with Crippen molar-refractivity contribution >= 4 is 46.8 Å². The molecule has 4 nitrogen and oxygen atoms in total. The van der Waals surface area contributed by atoms with E-state index in [0.717, 1.165) is 11.1 Å². The number of benzene rings is 3. The maximum atomic E-state index is 14.2. The molecule has 1 N–H and O–H groups in total. The Bertz CT molecular complexity index is 1160. The summed E-state index contributed by atoms with van der Waals surface area (Å²) in [6.45, 7) is 4.79. The summed E-state index contributed by atoms with van der Waals surface area (Å²) in [6, 6.07) is 20.7. The van der Waals surface area contributed by atoms with Crippen LogP contribution in [0.3, 0.4) is 0 Å². The van der Waals surface area contributed by atoms with Gasteiger partial charge in [-0.05, 0) is 41.3 Å². The van der Waals surface area contributed by atoms with Crippen LogP contribution in [0.1, 0.15) is 30.5 Å². The Morgan fingerprint density at radius 1 is 0.946 bits per heavy atom. The Kier molecular flexibility index (Phi) is 11.3. The average Bonchev–Trinajstić information content (AvgIpc) is 2.88. The van der Waals surface area contributed by atoms with Gasteiger partial charge in [0.15, 0.2) is 0 Å². The molecule has 3 aromatic carbocycles. The highest BCUT2D eigenvalue weighted by atomic mass is 35.5. The average molecular weight is 562 g/mol. The molecule has 196 valence electrons. The van der Waals surface area contributed by atoms with Crippen LogP contribution in [-0.4, -0.2) is 35.1 Å². The second-order valence-electron chi connectivity index (χ2n) is 9.19. The van der Waals surface area contributed by atoms with Gasteiger partial charge in [0.25, 0.3) is 0 Å². The number of halogens is 3. The molecular weight excluding hydrogens is 530 g/mol. The summed E-state index contributed by atoms with van der Waals surface area (Å²) >= 11 is 13.5. The third-order valence-electron chi connectivity index (χ3n) is 5.76. The first-order chi connectivity index (χ1) is 17.7. The maximum absolute atomic E-state index is 14.2. The summed E-state index contributed by atoms with van der Waals surface area (Å²) in [7, 11) is 0. The standard InChI is InChI=1S/C29H31Cl2FN2O2S/c1-20(2)16-33-29(36)27(15-21-7-4-3-5-8-21)34(17-22-11-13-23(30)14-12-22)28(35)19-37-18-24-25(31)9-6-10-26(24)32/h3-14,20,27H,15-19H2,1-2H3,(H,33,36). The molecule has 0 heterocycles. The van der Waals surface area contributed by atoms with Crippen LogP contribution in [0.2, 0.25) is 10.0 Å². The zero-order valence-electron chi connectivity index (χ0n) is 20.9. The third-order valence-corrected chi connectivity index (χ3v) is 7.31. The van der Waals surface area contributed by atoms with Gasteiger partial charge in [-0.2, -0.15) is 0 Å². The molecule has 3 aromatic rings. The molecule has 0 spiro atoms. The molecule has 0 bridgehead atoms. The molecule has 1 unspecified atom stereocenters. The first kappa shape index (κ1) is 29.0. The summed E-state index contributed by atoms with van der Waals surface area (Å²) in [5.74, 6) is -0.242. The lowest BCUT2D eigenvalue weighted by atomic mass is 10.0. The highest BCUT2D eigenvalue weighted by molar-refractivity contribution is 7.99.